The Kier molecular flexibility index (Phi) is 7.10. The molecular formula is C20H23FN2O5S. The molecule has 2 aromatic rings. The van der Waals surface area contributed by atoms with E-state index in [9.17, 15) is 22.4 Å². The highest BCUT2D eigenvalue weighted by molar-refractivity contribution is 7.89. The number of hydrogen-bond donors (Lipinski definition) is 1. The fourth-order valence-corrected chi connectivity index (χ4v) is 4.27. The van der Waals surface area contributed by atoms with Crippen molar-refractivity contribution in [1.29, 1.82) is 0 Å². The molecule has 0 bridgehead atoms. The van der Waals surface area contributed by atoms with Crippen LogP contribution < -0.4 is 5.32 Å². The van der Waals surface area contributed by atoms with Crippen molar-refractivity contribution >= 4 is 27.6 Å². The molecule has 0 aromatic heterocycles. The molecule has 29 heavy (non-hydrogen) atoms. The second kappa shape index (κ2) is 9.15. The van der Waals surface area contributed by atoms with Gasteiger partial charge in [-0.15, -0.1) is 0 Å². The predicted molar refractivity (Wildman–Crippen MR) is 107 cm³/mol. The number of methoxy groups -OCH3 is 1. The molecule has 0 heterocycles. The smallest absolute Gasteiger partial charge is 0.337 e. The molecule has 0 unspecified atom stereocenters. The van der Waals surface area contributed by atoms with E-state index in [1.54, 1.807) is 20.8 Å². The minimum atomic E-state index is -3.84. The first-order chi connectivity index (χ1) is 13.6. The number of benzene rings is 2. The van der Waals surface area contributed by atoms with Gasteiger partial charge in [0.05, 0.1) is 23.1 Å². The highest BCUT2D eigenvalue weighted by atomic mass is 32.2. The summed E-state index contributed by atoms with van der Waals surface area (Å²) in [6.07, 6.45) is 0. The largest absolute Gasteiger partial charge is 0.465 e. The Morgan fingerprint density at radius 3 is 2.31 bits per heavy atom. The lowest BCUT2D eigenvalue weighted by atomic mass is 10.1. The van der Waals surface area contributed by atoms with Crippen LogP contribution in [0.4, 0.5) is 10.1 Å². The van der Waals surface area contributed by atoms with Gasteiger partial charge in [-0.25, -0.2) is 17.6 Å². The Labute approximate surface area is 169 Å². The summed E-state index contributed by atoms with van der Waals surface area (Å²) in [6.45, 7) is 5.56. The highest BCUT2D eigenvalue weighted by Gasteiger charge is 2.24. The summed E-state index contributed by atoms with van der Waals surface area (Å²) in [4.78, 5) is 24.0. The Bertz CT molecular complexity index is 1030. The molecule has 0 atom stereocenters. The molecule has 1 amide bonds. The average molecular weight is 422 g/mol. The first-order valence-electron chi connectivity index (χ1n) is 8.95. The normalized spacial score (nSPS) is 11.4. The number of nitrogens with one attached hydrogen (secondary N) is 1. The standard InChI is InChI=1S/C20H23FN2O5S/c1-5-23(6-2)29(26,27)15-8-9-17(21)16(12-15)19(24)22-18-10-7-14(11-13(18)3)20(25)28-4/h7-12H,5-6H2,1-4H3,(H,22,24). The molecule has 1 N–H and O–H groups in total. The molecule has 0 radical (unpaired) electrons. The number of esters is 1. The third-order valence-corrected chi connectivity index (χ3v) is 6.47. The SMILES string of the molecule is CCN(CC)S(=O)(=O)c1ccc(F)c(C(=O)Nc2ccc(C(=O)OC)cc2C)c1. The molecular weight excluding hydrogens is 399 g/mol. The Morgan fingerprint density at radius 1 is 1.10 bits per heavy atom. The first-order valence-corrected chi connectivity index (χ1v) is 10.4. The third kappa shape index (κ3) is 4.80. The lowest BCUT2D eigenvalue weighted by Crippen LogP contribution is -2.31. The van der Waals surface area contributed by atoms with Gasteiger partial charge >= 0.3 is 5.97 Å². The molecule has 0 aliphatic heterocycles. The van der Waals surface area contributed by atoms with Gasteiger partial charge in [-0.1, -0.05) is 13.8 Å². The maximum atomic E-state index is 14.3. The summed E-state index contributed by atoms with van der Waals surface area (Å²) in [6, 6.07) is 7.60. The zero-order valence-corrected chi connectivity index (χ0v) is 17.5. The number of amides is 1. The molecule has 9 heteroatoms. The lowest BCUT2D eigenvalue weighted by molar-refractivity contribution is 0.0600. The number of carbonyl (C=O) groups is 2. The van der Waals surface area contributed by atoms with Crippen LogP contribution in [0.15, 0.2) is 41.3 Å². The summed E-state index contributed by atoms with van der Waals surface area (Å²) in [5, 5.41) is 2.55. The van der Waals surface area contributed by atoms with Crippen molar-refractivity contribution in [3.05, 3.63) is 58.9 Å². The van der Waals surface area contributed by atoms with Gasteiger partial charge in [0.2, 0.25) is 10.0 Å². The van der Waals surface area contributed by atoms with Crippen LogP contribution in [-0.2, 0) is 14.8 Å². The molecule has 2 rings (SSSR count). The number of nitrogens with zero attached hydrogens (tertiary/aromatic N) is 1. The second-order valence-electron chi connectivity index (χ2n) is 6.21. The van der Waals surface area contributed by atoms with Crippen LogP contribution in [0.25, 0.3) is 0 Å². The van der Waals surface area contributed by atoms with E-state index in [1.807, 2.05) is 0 Å². The number of hydrogen-bond acceptors (Lipinski definition) is 5. The van der Waals surface area contributed by atoms with Gasteiger partial charge in [0.15, 0.2) is 0 Å². The predicted octanol–water partition coefficient (Wildman–Crippen LogP) is 3.20. The summed E-state index contributed by atoms with van der Waals surface area (Å²) in [5.41, 5.74) is 0.837. The van der Waals surface area contributed by atoms with Gasteiger partial charge < -0.3 is 10.1 Å². The zero-order chi connectivity index (χ0) is 21.8. The topological polar surface area (TPSA) is 92.8 Å². The van der Waals surface area contributed by atoms with Crippen LogP contribution in [0.2, 0.25) is 0 Å². The molecule has 0 aliphatic carbocycles. The van der Waals surface area contributed by atoms with E-state index in [2.05, 4.69) is 10.1 Å². The number of rotatable bonds is 7. The van der Waals surface area contributed by atoms with Crippen LogP contribution in [0, 0.1) is 12.7 Å². The van der Waals surface area contributed by atoms with Crippen molar-refractivity contribution in [2.75, 3.05) is 25.5 Å². The number of carbonyl (C=O) groups excluding carboxylic acids is 2. The number of anilines is 1. The molecule has 0 spiro atoms. The molecule has 0 saturated carbocycles. The van der Waals surface area contributed by atoms with E-state index >= 15 is 0 Å². The van der Waals surface area contributed by atoms with Crippen molar-refractivity contribution in [1.82, 2.24) is 4.31 Å². The van der Waals surface area contributed by atoms with E-state index in [-0.39, 0.29) is 18.0 Å². The minimum absolute atomic E-state index is 0.162. The van der Waals surface area contributed by atoms with Crippen LogP contribution in [0.5, 0.6) is 0 Å². The van der Waals surface area contributed by atoms with Crippen molar-refractivity contribution in [3.63, 3.8) is 0 Å². The zero-order valence-electron chi connectivity index (χ0n) is 16.7. The number of ether oxygens (including phenoxy) is 1. The quantitative estimate of drug-likeness (QED) is 0.692. The molecule has 2 aromatic carbocycles. The lowest BCUT2D eigenvalue weighted by Gasteiger charge is -2.19. The van der Waals surface area contributed by atoms with Gasteiger partial charge in [-0.3, -0.25) is 4.79 Å². The molecule has 0 aliphatic rings. The van der Waals surface area contributed by atoms with Crippen molar-refractivity contribution < 1.29 is 27.1 Å². The number of halogens is 1. The van der Waals surface area contributed by atoms with Crippen LogP contribution in [0.3, 0.4) is 0 Å². The van der Waals surface area contributed by atoms with E-state index in [1.165, 1.54) is 29.6 Å². The Hall–Kier alpha value is -2.78. The Balaban J connectivity index is 2.36. The van der Waals surface area contributed by atoms with E-state index in [0.717, 1.165) is 18.2 Å². The van der Waals surface area contributed by atoms with Gasteiger partial charge in [0, 0.05) is 18.8 Å². The maximum absolute atomic E-state index is 14.3. The van der Waals surface area contributed by atoms with Crippen LogP contribution >= 0.6 is 0 Å². The second-order valence-corrected chi connectivity index (χ2v) is 8.14. The van der Waals surface area contributed by atoms with E-state index in [4.69, 9.17) is 0 Å². The average Bonchev–Trinajstić information content (AvgIpc) is 2.69. The number of aryl methyl sites for hydroxylation is 1. The van der Waals surface area contributed by atoms with Gasteiger partial charge in [-0.2, -0.15) is 4.31 Å². The van der Waals surface area contributed by atoms with Crippen molar-refractivity contribution in [3.8, 4) is 0 Å². The fourth-order valence-electron chi connectivity index (χ4n) is 2.79. The monoisotopic (exact) mass is 422 g/mol. The summed E-state index contributed by atoms with van der Waals surface area (Å²) >= 11 is 0. The maximum Gasteiger partial charge on any atom is 0.337 e. The highest BCUT2D eigenvalue weighted by Crippen LogP contribution is 2.22. The fraction of sp³-hybridized carbons (Fsp3) is 0.300. The van der Waals surface area contributed by atoms with E-state index < -0.39 is 33.3 Å². The molecule has 156 valence electrons. The van der Waals surface area contributed by atoms with Crippen molar-refractivity contribution in [2.24, 2.45) is 0 Å². The van der Waals surface area contributed by atoms with Gasteiger partial charge in [0.25, 0.3) is 5.91 Å². The van der Waals surface area contributed by atoms with Gasteiger partial charge in [0.1, 0.15) is 5.82 Å². The third-order valence-electron chi connectivity index (χ3n) is 4.42. The summed E-state index contributed by atoms with van der Waals surface area (Å²) in [5.74, 6) is -2.16. The molecule has 7 nitrogen and oxygen atoms in total. The van der Waals surface area contributed by atoms with Gasteiger partial charge in [-0.05, 0) is 48.9 Å². The summed E-state index contributed by atoms with van der Waals surface area (Å²) in [7, 11) is -2.58. The molecule has 0 fully saturated rings. The van der Waals surface area contributed by atoms with Crippen molar-refractivity contribution in [2.45, 2.75) is 25.7 Å². The Morgan fingerprint density at radius 2 is 1.76 bits per heavy atom. The van der Waals surface area contributed by atoms with E-state index in [0.29, 0.717) is 16.8 Å². The summed E-state index contributed by atoms with van der Waals surface area (Å²) < 4.78 is 45.4. The van der Waals surface area contributed by atoms with Crippen LogP contribution in [0.1, 0.15) is 40.1 Å². The minimum Gasteiger partial charge on any atom is -0.465 e. The van der Waals surface area contributed by atoms with Crippen LogP contribution in [-0.4, -0.2) is 44.8 Å². The first kappa shape index (κ1) is 22.5. The number of sulfonamides is 1. The molecule has 0 saturated heterocycles.